The third-order valence-electron chi connectivity index (χ3n) is 5.77. The Morgan fingerprint density at radius 1 is 0.742 bits per heavy atom. The van der Waals surface area contributed by atoms with E-state index in [0.29, 0.717) is 19.1 Å². The smallest absolute Gasteiger partial charge is 0.197 e. The Balaban J connectivity index is 1.36. The van der Waals surface area contributed by atoms with Crippen LogP contribution in [-0.2, 0) is 4.74 Å². The zero-order valence-corrected chi connectivity index (χ0v) is 18.5. The van der Waals surface area contributed by atoms with Gasteiger partial charge in [-0.05, 0) is 53.8 Å². The van der Waals surface area contributed by atoms with Gasteiger partial charge in [-0.3, -0.25) is 0 Å². The third-order valence-corrected chi connectivity index (χ3v) is 5.77. The molecule has 0 aliphatic heterocycles. The molecule has 2 atom stereocenters. The molecule has 0 N–H and O–H groups in total. The first-order valence-electron chi connectivity index (χ1n) is 11.1. The van der Waals surface area contributed by atoms with Crippen molar-refractivity contribution in [3.63, 3.8) is 0 Å². The minimum absolute atomic E-state index is 0.345. The van der Waals surface area contributed by atoms with E-state index >= 15 is 0 Å². The van der Waals surface area contributed by atoms with Crippen LogP contribution in [0.5, 0.6) is 11.5 Å². The topological polar surface area (TPSA) is 27.7 Å². The fraction of sp³-hybridized carbons (Fsp3) is 0.286. The lowest BCUT2D eigenvalue weighted by Gasteiger charge is -2.17. The van der Waals surface area contributed by atoms with Crippen LogP contribution in [0.3, 0.4) is 0 Å². The first kappa shape index (κ1) is 21.2. The van der Waals surface area contributed by atoms with E-state index in [9.17, 15) is 0 Å². The molecule has 160 valence electrons. The molecular formula is C28H30O3. The van der Waals surface area contributed by atoms with Gasteiger partial charge in [-0.25, -0.2) is 0 Å². The van der Waals surface area contributed by atoms with Crippen molar-refractivity contribution in [3.05, 3.63) is 84.4 Å². The molecule has 3 heteroatoms. The van der Waals surface area contributed by atoms with Crippen LogP contribution in [0, 0.1) is 0 Å². The average Bonchev–Trinajstić information content (AvgIpc) is 2.81. The van der Waals surface area contributed by atoms with Crippen molar-refractivity contribution in [2.45, 2.75) is 39.4 Å². The summed E-state index contributed by atoms with van der Waals surface area (Å²) >= 11 is 0. The maximum absolute atomic E-state index is 6.21. The monoisotopic (exact) mass is 414 g/mol. The lowest BCUT2D eigenvalue weighted by atomic mass is 9.99. The molecule has 0 aromatic heterocycles. The van der Waals surface area contributed by atoms with Crippen LogP contribution >= 0.6 is 0 Å². The van der Waals surface area contributed by atoms with Gasteiger partial charge in [-0.15, -0.1) is 0 Å². The summed E-state index contributed by atoms with van der Waals surface area (Å²) in [4.78, 5) is 0. The van der Waals surface area contributed by atoms with Gasteiger partial charge in [0, 0.05) is 10.8 Å². The highest BCUT2D eigenvalue weighted by Crippen LogP contribution is 2.34. The molecule has 4 aromatic carbocycles. The largest absolute Gasteiger partial charge is 0.490 e. The first-order chi connectivity index (χ1) is 15.2. The van der Waals surface area contributed by atoms with E-state index in [1.54, 1.807) is 0 Å². The maximum Gasteiger partial charge on any atom is 0.197 e. The van der Waals surface area contributed by atoms with E-state index in [1.165, 1.54) is 16.3 Å². The van der Waals surface area contributed by atoms with Crippen molar-refractivity contribution < 1.29 is 14.2 Å². The van der Waals surface area contributed by atoms with Crippen LogP contribution in [0.15, 0.2) is 78.9 Å². The normalized spacial score (nSPS) is 13.3. The van der Waals surface area contributed by atoms with Crippen LogP contribution < -0.4 is 9.47 Å². The van der Waals surface area contributed by atoms with Crippen LogP contribution in [0.4, 0.5) is 0 Å². The summed E-state index contributed by atoms with van der Waals surface area (Å²) < 4.78 is 17.9. The Hall–Kier alpha value is -3.04. The minimum Gasteiger partial charge on any atom is -0.490 e. The molecule has 0 aliphatic carbocycles. The van der Waals surface area contributed by atoms with Crippen molar-refractivity contribution >= 4 is 21.5 Å². The molecule has 0 saturated carbocycles. The molecule has 4 aromatic rings. The van der Waals surface area contributed by atoms with E-state index in [1.807, 2.05) is 31.2 Å². The summed E-state index contributed by atoms with van der Waals surface area (Å²) in [6.07, 6.45) is 0.786. The first-order valence-corrected chi connectivity index (χ1v) is 11.1. The van der Waals surface area contributed by atoms with Gasteiger partial charge in [0.25, 0.3) is 0 Å². The van der Waals surface area contributed by atoms with Gasteiger partial charge in [0.1, 0.15) is 18.1 Å². The van der Waals surface area contributed by atoms with E-state index in [-0.39, 0.29) is 6.29 Å². The van der Waals surface area contributed by atoms with Gasteiger partial charge < -0.3 is 14.2 Å². The van der Waals surface area contributed by atoms with Gasteiger partial charge in [0.05, 0.1) is 6.61 Å². The second kappa shape index (κ2) is 9.84. The SMILES string of the molecule is CCC(C)c1ccc(OC(C)OCCOc2c3ccccc3cc3ccccc23)cc1. The van der Waals surface area contributed by atoms with Crippen LogP contribution in [0.2, 0.25) is 0 Å². The van der Waals surface area contributed by atoms with Gasteiger partial charge in [0.15, 0.2) is 6.29 Å². The Bertz CT molecular complexity index is 1080. The Kier molecular flexibility index (Phi) is 6.73. The van der Waals surface area contributed by atoms with Crippen molar-refractivity contribution in [2.75, 3.05) is 13.2 Å². The fourth-order valence-corrected chi connectivity index (χ4v) is 3.82. The summed E-state index contributed by atoms with van der Waals surface area (Å²) in [5.41, 5.74) is 1.33. The van der Waals surface area contributed by atoms with Gasteiger partial charge in [-0.1, -0.05) is 74.5 Å². The highest BCUT2D eigenvalue weighted by atomic mass is 16.7. The molecule has 0 bridgehead atoms. The minimum atomic E-state index is -0.345. The molecule has 31 heavy (non-hydrogen) atoms. The van der Waals surface area contributed by atoms with Crippen LogP contribution in [-0.4, -0.2) is 19.5 Å². The number of rotatable bonds is 9. The zero-order valence-electron chi connectivity index (χ0n) is 18.5. The molecule has 2 unspecified atom stereocenters. The third kappa shape index (κ3) is 5.00. The van der Waals surface area contributed by atoms with Crippen molar-refractivity contribution in [1.29, 1.82) is 0 Å². The van der Waals surface area contributed by atoms with Crippen molar-refractivity contribution in [2.24, 2.45) is 0 Å². The second-order valence-electron chi connectivity index (χ2n) is 7.93. The lowest BCUT2D eigenvalue weighted by Crippen LogP contribution is -2.20. The summed E-state index contributed by atoms with van der Waals surface area (Å²) in [6.45, 7) is 7.26. The Labute approximate surface area is 184 Å². The Morgan fingerprint density at radius 3 is 1.97 bits per heavy atom. The number of hydrogen-bond donors (Lipinski definition) is 0. The van der Waals surface area contributed by atoms with Crippen LogP contribution in [0.1, 0.15) is 38.7 Å². The molecular weight excluding hydrogens is 384 g/mol. The molecule has 0 aliphatic rings. The molecule has 0 amide bonds. The second-order valence-corrected chi connectivity index (χ2v) is 7.93. The molecule has 0 spiro atoms. The molecule has 0 saturated heterocycles. The van der Waals surface area contributed by atoms with E-state index in [2.05, 4.69) is 68.4 Å². The zero-order chi connectivity index (χ0) is 21.6. The highest BCUT2D eigenvalue weighted by Gasteiger charge is 2.10. The highest BCUT2D eigenvalue weighted by molar-refractivity contribution is 6.05. The number of fused-ring (bicyclic) bond motifs is 2. The molecule has 4 rings (SSSR count). The molecule has 0 heterocycles. The Morgan fingerprint density at radius 2 is 1.35 bits per heavy atom. The number of benzene rings is 4. The predicted octanol–water partition coefficient (Wildman–Crippen LogP) is 7.33. The van der Waals surface area contributed by atoms with Gasteiger partial charge >= 0.3 is 0 Å². The molecule has 0 radical (unpaired) electrons. The van der Waals surface area contributed by atoms with E-state index in [0.717, 1.165) is 28.7 Å². The number of ether oxygens (including phenoxy) is 3. The average molecular weight is 415 g/mol. The lowest BCUT2D eigenvalue weighted by molar-refractivity contribution is -0.0737. The quantitative estimate of drug-likeness (QED) is 0.163. The summed E-state index contributed by atoms with van der Waals surface area (Å²) in [7, 11) is 0. The van der Waals surface area contributed by atoms with Crippen LogP contribution in [0.25, 0.3) is 21.5 Å². The number of hydrogen-bond acceptors (Lipinski definition) is 3. The van der Waals surface area contributed by atoms with Crippen molar-refractivity contribution in [1.82, 2.24) is 0 Å². The maximum atomic E-state index is 6.21. The van der Waals surface area contributed by atoms with Gasteiger partial charge in [-0.2, -0.15) is 0 Å². The van der Waals surface area contributed by atoms with Gasteiger partial charge in [0.2, 0.25) is 0 Å². The van der Waals surface area contributed by atoms with E-state index < -0.39 is 0 Å². The molecule has 0 fully saturated rings. The van der Waals surface area contributed by atoms with Crippen molar-refractivity contribution in [3.8, 4) is 11.5 Å². The fourth-order valence-electron chi connectivity index (χ4n) is 3.82. The predicted molar refractivity (Wildman–Crippen MR) is 128 cm³/mol. The summed E-state index contributed by atoms with van der Waals surface area (Å²) in [6, 6.07) is 27.1. The van der Waals surface area contributed by atoms with E-state index in [4.69, 9.17) is 14.2 Å². The molecule has 3 nitrogen and oxygen atoms in total. The summed E-state index contributed by atoms with van der Waals surface area (Å²) in [5, 5.41) is 4.59. The summed E-state index contributed by atoms with van der Waals surface area (Å²) in [5.74, 6) is 2.29. The standard InChI is InChI=1S/C28H30O3/c1-4-20(2)22-13-15-25(16-14-22)31-21(3)29-17-18-30-28-26-11-7-5-9-23(26)19-24-10-6-8-12-27(24)28/h5-16,19-21H,4,17-18H2,1-3H3.